The highest BCUT2D eigenvalue weighted by molar-refractivity contribution is 5.70. The molecule has 0 radical (unpaired) electrons. The van der Waals surface area contributed by atoms with Gasteiger partial charge in [0.25, 0.3) is 0 Å². The van der Waals surface area contributed by atoms with Gasteiger partial charge in [-0.05, 0) is 38.6 Å². The van der Waals surface area contributed by atoms with Gasteiger partial charge in [0.15, 0.2) is 0 Å². The molecule has 1 aliphatic heterocycles. The molecule has 1 aliphatic rings. The van der Waals surface area contributed by atoms with E-state index in [-0.39, 0.29) is 5.97 Å². The Morgan fingerprint density at radius 1 is 1.50 bits per heavy atom. The molecule has 0 amide bonds. The Bertz CT molecular complexity index is 238. The first-order valence-electron chi connectivity index (χ1n) is 6.34. The van der Waals surface area contributed by atoms with Crippen LogP contribution in [0.3, 0.4) is 0 Å². The van der Waals surface area contributed by atoms with Gasteiger partial charge in [0.05, 0.1) is 13.0 Å². The van der Waals surface area contributed by atoms with Crippen LogP contribution in [0, 0.1) is 5.41 Å². The van der Waals surface area contributed by atoms with Crippen molar-refractivity contribution in [2.45, 2.75) is 53.0 Å². The van der Waals surface area contributed by atoms with Crippen LogP contribution in [0.4, 0.5) is 0 Å². The van der Waals surface area contributed by atoms with Gasteiger partial charge in [-0.2, -0.15) is 0 Å². The van der Waals surface area contributed by atoms with Crippen molar-refractivity contribution in [1.82, 2.24) is 4.90 Å². The lowest BCUT2D eigenvalue weighted by molar-refractivity contribution is -0.144. The highest BCUT2D eigenvalue weighted by atomic mass is 16.5. The number of carbonyl (C=O) groups is 1. The lowest BCUT2D eigenvalue weighted by Crippen LogP contribution is -2.45. The predicted octanol–water partition coefficient (Wildman–Crippen LogP) is 2.45. The number of hydrogen-bond donors (Lipinski definition) is 0. The molecule has 0 saturated carbocycles. The summed E-state index contributed by atoms with van der Waals surface area (Å²) in [7, 11) is 0. The molecule has 1 saturated heterocycles. The highest BCUT2D eigenvalue weighted by Gasteiger charge is 2.29. The fourth-order valence-electron chi connectivity index (χ4n) is 2.44. The number of carbonyl (C=O) groups excluding carboxylic acids is 1. The fourth-order valence-corrected chi connectivity index (χ4v) is 2.44. The number of rotatable bonds is 4. The third-order valence-electron chi connectivity index (χ3n) is 3.32. The molecule has 0 N–H and O–H groups in total. The minimum atomic E-state index is -0.0709. The number of nitrogens with zero attached hydrogens (tertiary/aromatic N) is 1. The van der Waals surface area contributed by atoms with E-state index in [9.17, 15) is 4.79 Å². The molecule has 1 unspecified atom stereocenters. The summed E-state index contributed by atoms with van der Waals surface area (Å²) in [4.78, 5) is 13.8. The van der Waals surface area contributed by atoms with Gasteiger partial charge in [0.2, 0.25) is 0 Å². The van der Waals surface area contributed by atoms with Gasteiger partial charge in [-0.1, -0.05) is 13.8 Å². The smallest absolute Gasteiger partial charge is 0.307 e. The second kappa shape index (κ2) is 5.67. The van der Waals surface area contributed by atoms with E-state index in [1.807, 2.05) is 6.92 Å². The SMILES string of the molecule is CCOC(=O)CC(C)N1CCCC(C)(C)C1. The van der Waals surface area contributed by atoms with Crippen molar-refractivity contribution in [3.63, 3.8) is 0 Å². The van der Waals surface area contributed by atoms with E-state index < -0.39 is 0 Å². The molecular formula is C13H25NO2. The summed E-state index contributed by atoms with van der Waals surface area (Å²) in [6.07, 6.45) is 3.04. The third kappa shape index (κ3) is 4.12. The lowest BCUT2D eigenvalue weighted by atomic mass is 9.83. The molecule has 0 aliphatic carbocycles. The maximum absolute atomic E-state index is 11.4. The molecule has 3 nitrogen and oxygen atoms in total. The number of esters is 1. The van der Waals surface area contributed by atoms with Crippen LogP contribution in [0.15, 0.2) is 0 Å². The van der Waals surface area contributed by atoms with Gasteiger partial charge in [-0.15, -0.1) is 0 Å². The highest BCUT2D eigenvalue weighted by Crippen LogP contribution is 2.29. The minimum absolute atomic E-state index is 0.0709. The van der Waals surface area contributed by atoms with Crippen molar-refractivity contribution in [1.29, 1.82) is 0 Å². The van der Waals surface area contributed by atoms with Crippen molar-refractivity contribution in [3.8, 4) is 0 Å². The first-order valence-corrected chi connectivity index (χ1v) is 6.34. The molecule has 94 valence electrons. The first-order chi connectivity index (χ1) is 7.44. The van der Waals surface area contributed by atoms with E-state index in [0.29, 0.717) is 24.5 Å². The summed E-state index contributed by atoms with van der Waals surface area (Å²) < 4.78 is 4.99. The standard InChI is InChI=1S/C13H25NO2/c1-5-16-12(15)9-11(2)14-8-6-7-13(3,4)10-14/h11H,5-10H2,1-4H3. The summed E-state index contributed by atoms with van der Waals surface area (Å²) in [5.41, 5.74) is 0.390. The van der Waals surface area contributed by atoms with Gasteiger partial charge in [-0.25, -0.2) is 0 Å². The Labute approximate surface area is 99.1 Å². The van der Waals surface area contributed by atoms with Crippen LogP contribution in [-0.4, -0.2) is 36.6 Å². The second-order valence-corrected chi connectivity index (χ2v) is 5.60. The van der Waals surface area contributed by atoms with Crippen molar-refractivity contribution in [2.75, 3.05) is 19.7 Å². The van der Waals surface area contributed by atoms with Gasteiger partial charge in [0, 0.05) is 12.6 Å². The molecule has 16 heavy (non-hydrogen) atoms. The van der Waals surface area contributed by atoms with Crippen LogP contribution in [0.1, 0.15) is 47.0 Å². The zero-order valence-electron chi connectivity index (χ0n) is 11.1. The predicted molar refractivity (Wildman–Crippen MR) is 65.3 cm³/mol. The maximum atomic E-state index is 11.4. The molecule has 0 spiro atoms. The van der Waals surface area contributed by atoms with Gasteiger partial charge in [-0.3, -0.25) is 9.69 Å². The first kappa shape index (κ1) is 13.5. The molecule has 3 heteroatoms. The third-order valence-corrected chi connectivity index (χ3v) is 3.32. The van der Waals surface area contributed by atoms with E-state index in [2.05, 4.69) is 25.7 Å². The van der Waals surface area contributed by atoms with E-state index in [0.717, 1.165) is 13.1 Å². The molecule has 1 rings (SSSR count). The number of piperidine rings is 1. The monoisotopic (exact) mass is 227 g/mol. The van der Waals surface area contributed by atoms with E-state index in [4.69, 9.17) is 4.74 Å². The Hall–Kier alpha value is -0.570. The Morgan fingerprint density at radius 2 is 2.19 bits per heavy atom. The molecule has 0 aromatic heterocycles. The Morgan fingerprint density at radius 3 is 2.75 bits per heavy atom. The van der Waals surface area contributed by atoms with Gasteiger partial charge < -0.3 is 4.74 Å². The molecule has 1 atom stereocenters. The summed E-state index contributed by atoms with van der Waals surface area (Å²) >= 11 is 0. The number of ether oxygens (including phenoxy) is 1. The largest absolute Gasteiger partial charge is 0.466 e. The minimum Gasteiger partial charge on any atom is -0.466 e. The topological polar surface area (TPSA) is 29.5 Å². The van der Waals surface area contributed by atoms with E-state index >= 15 is 0 Å². The number of likely N-dealkylation sites (tertiary alicyclic amines) is 1. The summed E-state index contributed by atoms with van der Waals surface area (Å²) in [6, 6.07) is 0.304. The Kier molecular flexibility index (Phi) is 4.78. The zero-order valence-corrected chi connectivity index (χ0v) is 11.1. The number of hydrogen-bond acceptors (Lipinski definition) is 3. The molecular weight excluding hydrogens is 202 g/mol. The van der Waals surface area contributed by atoms with Crippen LogP contribution >= 0.6 is 0 Å². The van der Waals surface area contributed by atoms with Crippen LogP contribution in [0.2, 0.25) is 0 Å². The summed E-state index contributed by atoms with van der Waals surface area (Å²) in [5, 5.41) is 0. The van der Waals surface area contributed by atoms with Crippen molar-refractivity contribution in [3.05, 3.63) is 0 Å². The summed E-state index contributed by atoms with van der Waals surface area (Å²) in [5.74, 6) is -0.0709. The average Bonchev–Trinajstić information content (AvgIpc) is 2.16. The molecule has 0 aromatic carbocycles. The van der Waals surface area contributed by atoms with E-state index in [1.54, 1.807) is 0 Å². The maximum Gasteiger partial charge on any atom is 0.307 e. The van der Waals surface area contributed by atoms with Crippen molar-refractivity contribution < 1.29 is 9.53 Å². The average molecular weight is 227 g/mol. The quantitative estimate of drug-likeness (QED) is 0.691. The van der Waals surface area contributed by atoms with Gasteiger partial charge in [0.1, 0.15) is 0 Å². The Balaban J connectivity index is 2.41. The van der Waals surface area contributed by atoms with E-state index in [1.165, 1.54) is 12.8 Å². The molecule has 1 heterocycles. The summed E-state index contributed by atoms with van der Waals surface area (Å²) in [6.45, 7) is 11.3. The van der Waals surface area contributed by atoms with Crippen LogP contribution in [0.5, 0.6) is 0 Å². The normalized spacial score (nSPS) is 22.8. The van der Waals surface area contributed by atoms with Crippen LogP contribution < -0.4 is 0 Å². The molecule has 1 fully saturated rings. The molecule has 0 aromatic rings. The fraction of sp³-hybridized carbons (Fsp3) is 0.923. The zero-order chi connectivity index (χ0) is 12.2. The van der Waals surface area contributed by atoms with Crippen LogP contribution in [0.25, 0.3) is 0 Å². The second-order valence-electron chi connectivity index (χ2n) is 5.60. The van der Waals surface area contributed by atoms with Crippen molar-refractivity contribution in [2.24, 2.45) is 5.41 Å². The van der Waals surface area contributed by atoms with Crippen molar-refractivity contribution >= 4 is 5.97 Å². The molecule has 0 bridgehead atoms. The lowest BCUT2D eigenvalue weighted by Gasteiger charge is -2.41. The van der Waals surface area contributed by atoms with Crippen LogP contribution in [-0.2, 0) is 9.53 Å². The van der Waals surface area contributed by atoms with Gasteiger partial charge >= 0.3 is 5.97 Å².